The predicted octanol–water partition coefficient (Wildman–Crippen LogP) is 3.19. The Morgan fingerprint density at radius 1 is 1.13 bits per heavy atom. The lowest BCUT2D eigenvalue weighted by atomic mass is 9.99. The molecule has 0 N–H and O–H groups in total. The summed E-state index contributed by atoms with van der Waals surface area (Å²) in [6.45, 7) is 8.68. The van der Waals surface area contributed by atoms with Crippen LogP contribution in [0.3, 0.4) is 0 Å². The lowest BCUT2D eigenvalue weighted by Gasteiger charge is -2.42. The van der Waals surface area contributed by atoms with Crippen molar-refractivity contribution in [3.63, 3.8) is 0 Å². The molecule has 1 fully saturated rings. The molecule has 1 saturated heterocycles. The minimum absolute atomic E-state index is 0.00746. The number of ether oxygens (including phenoxy) is 1. The van der Waals surface area contributed by atoms with Gasteiger partial charge in [0.25, 0.3) is 0 Å². The molecule has 1 unspecified atom stereocenters. The van der Waals surface area contributed by atoms with Gasteiger partial charge >= 0.3 is 6.09 Å². The first kappa shape index (κ1) is 24.2. The lowest BCUT2D eigenvalue weighted by Crippen LogP contribution is -2.53. The van der Waals surface area contributed by atoms with E-state index in [1.807, 2.05) is 45.0 Å². The number of carbonyl (C=O) groups excluding carboxylic acids is 2. The number of hydrogen-bond donors (Lipinski definition) is 0. The number of rotatable bonds is 6. The lowest BCUT2D eigenvalue weighted by molar-refractivity contribution is -0.136. The Kier molecular flexibility index (Phi) is 7.91. The SMILES string of the molecule is CCc1ccc(C2CN(C(=O)OC(C)(C)C)CCN2C(=O)CCCS(C)(=O)=O)cc1. The van der Waals surface area contributed by atoms with E-state index in [4.69, 9.17) is 4.74 Å². The molecule has 1 heterocycles. The molecule has 0 saturated carbocycles. The summed E-state index contributed by atoms with van der Waals surface area (Å²) in [5, 5.41) is 0. The van der Waals surface area contributed by atoms with Crippen LogP contribution in [0.1, 0.15) is 57.7 Å². The maximum atomic E-state index is 12.9. The van der Waals surface area contributed by atoms with E-state index in [-0.39, 0.29) is 30.2 Å². The first-order valence-electron chi connectivity index (χ1n) is 10.4. The second-order valence-electron chi connectivity index (χ2n) is 8.86. The van der Waals surface area contributed by atoms with Crippen molar-refractivity contribution in [2.24, 2.45) is 0 Å². The van der Waals surface area contributed by atoms with E-state index in [0.717, 1.165) is 12.0 Å². The number of aryl methyl sites for hydroxylation is 1. The molecule has 1 atom stereocenters. The number of amides is 2. The predicted molar refractivity (Wildman–Crippen MR) is 117 cm³/mol. The van der Waals surface area contributed by atoms with Crippen molar-refractivity contribution in [1.82, 2.24) is 9.80 Å². The molecule has 30 heavy (non-hydrogen) atoms. The van der Waals surface area contributed by atoms with Gasteiger partial charge in [-0.25, -0.2) is 13.2 Å². The zero-order valence-corrected chi connectivity index (χ0v) is 19.5. The highest BCUT2D eigenvalue weighted by atomic mass is 32.2. The van der Waals surface area contributed by atoms with Crippen LogP contribution >= 0.6 is 0 Å². The van der Waals surface area contributed by atoms with Crippen LogP contribution in [0.25, 0.3) is 0 Å². The summed E-state index contributed by atoms with van der Waals surface area (Å²) in [6, 6.07) is 7.78. The maximum absolute atomic E-state index is 12.9. The smallest absolute Gasteiger partial charge is 0.410 e. The fourth-order valence-electron chi connectivity index (χ4n) is 3.46. The van der Waals surface area contributed by atoms with Crippen molar-refractivity contribution >= 4 is 21.8 Å². The topological polar surface area (TPSA) is 84.0 Å². The molecule has 0 aliphatic carbocycles. The fourth-order valence-corrected chi connectivity index (χ4v) is 4.13. The molecule has 8 heteroatoms. The summed E-state index contributed by atoms with van der Waals surface area (Å²) in [5.74, 6) is -0.0982. The molecule has 168 valence electrons. The Morgan fingerprint density at radius 2 is 1.77 bits per heavy atom. The highest BCUT2D eigenvalue weighted by Crippen LogP contribution is 2.28. The second kappa shape index (κ2) is 9.81. The second-order valence-corrected chi connectivity index (χ2v) is 11.1. The van der Waals surface area contributed by atoms with E-state index in [1.54, 1.807) is 9.80 Å². The molecule has 1 aliphatic heterocycles. The normalized spacial score (nSPS) is 17.7. The van der Waals surface area contributed by atoms with Crippen LogP contribution in [0.15, 0.2) is 24.3 Å². The summed E-state index contributed by atoms with van der Waals surface area (Å²) >= 11 is 0. The third-order valence-corrected chi connectivity index (χ3v) is 6.06. The van der Waals surface area contributed by atoms with Crippen molar-refractivity contribution in [1.29, 1.82) is 0 Å². The van der Waals surface area contributed by atoms with Crippen LogP contribution < -0.4 is 0 Å². The number of carbonyl (C=O) groups is 2. The summed E-state index contributed by atoms with van der Waals surface area (Å²) in [4.78, 5) is 28.9. The van der Waals surface area contributed by atoms with Crippen LogP contribution in [-0.2, 0) is 25.8 Å². The van der Waals surface area contributed by atoms with Crippen molar-refractivity contribution in [3.8, 4) is 0 Å². The van der Waals surface area contributed by atoms with Crippen LogP contribution in [0.5, 0.6) is 0 Å². The van der Waals surface area contributed by atoms with Gasteiger partial charge in [-0.3, -0.25) is 4.79 Å². The maximum Gasteiger partial charge on any atom is 0.410 e. The van der Waals surface area contributed by atoms with Gasteiger partial charge in [0, 0.05) is 32.3 Å². The molecule has 1 aliphatic rings. The van der Waals surface area contributed by atoms with E-state index in [1.165, 1.54) is 11.8 Å². The third kappa shape index (κ3) is 7.31. The van der Waals surface area contributed by atoms with Crippen molar-refractivity contribution in [2.75, 3.05) is 31.6 Å². The molecular formula is C22H34N2O5S. The monoisotopic (exact) mass is 438 g/mol. The van der Waals surface area contributed by atoms with E-state index in [0.29, 0.717) is 26.1 Å². The molecule has 7 nitrogen and oxygen atoms in total. The fraction of sp³-hybridized carbons (Fsp3) is 0.636. The average Bonchev–Trinajstić information content (AvgIpc) is 2.65. The van der Waals surface area contributed by atoms with Crippen molar-refractivity contribution < 1.29 is 22.7 Å². The minimum atomic E-state index is -3.10. The number of hydrogen-bond acceptors (Lipinski definition) is 5. The summed E-state index contributed by atoms with van der Waals surface area (Å²) < 4.78 is 28.3. The van der Waals surface area contributed by atoms with E-state index in [9.17, 15) is 18.0 Å². The third-order valence-electron chi connectivity index (χ3n) is 5.03. The standard InChI is InChI=1S/C22H34N2O5S/c1-6-17-9-11-18(12-10-17)19-16-23(21(26)29-22(2,3)4)13-14-24(19)20(25)8-7-15-30(5,27)28/h9-12,19H,6-8,13-16H2,1-5H3. The van der Waals surface area contributed by atoms with Gasteiger partial charge in [-0.1, -0.05) is 31.2 Å². The molecule has 2 amide bonds. The number of piperazine rings is 1. The van der Waals surface area contributed by atoms with E-state index < -0.39 is 15.4 Å². The molecule has 0 spiro atoms. The van der Waals surface area contributed by atoms with Gasteiger partial charge in [-0.05, 0) is 44.7 Å². The number of nitrogens with zero attached hydrogens (tertiary/aromatic N) is 2. The highest BCUT2D eigenvalue weighted by molar-refractivity contribution is 7.90. The van der Waals surface area contributed by atoms with Crippen LogP contribution in [-0.4, -0.2) is 67.5 Å². The summed E-state index contributed by atoms with van der Waals surface area (Å²) in [5.41, 5.74) is 1.56. The molecule has 1 aromatic rings. The Balaban J connectivity index is 2.18. The Labute approximate surface area is 180 Å². The van der Waals surface area contributed by atoms with Gasteiger partial charge in [0.2, 0.25) is 5.91 Å². The zero-order chi connectivity index (χ0) is 22.5. The first-order valence-corrected chi connectivity index (χ1v) is 12.5. The quantitative estimate of drug-likeness (QED) is 0.681. The van der Waals surface area contributed by atoms with Gasteiger partial charge in [0.15, 0.2) is 0 Å². The molecule has 0 bridgehead atoms. The molecular weight excluding hydrogens is 404 g/mol. The first-order chi connectivity index (χ1) is 13.9. The van der Waals surface area contributed by atoms with Crippen LogP contribution in [0, 0.1) is 0 Å². The molecule has 1 aromatic carbocycles. The molecule has 0 radical (unpaired) electrons. The highest BCUT2D eigenvalue weighted by Gasteiger charge is 2.35. The average molecular weight is 439 g/mol. The Hall–Kier alpha value is -2.09. The van der Waals surface area contributed by atoms with Gasteiger partial charge in [-0.2, -0.15) is 0 Å². The minimum Gasteiger partial charge on any atom is -0.444 e. The van der Waals surface area contributed by atoms with Gasteiger partial charge in [0.1, 0.15) is 15.4 Å². The molecule has 2 rings (SSSR count). The van der Waals surface area contributed by atoms with Gasteiger partial charge < -0.3 is 14.5 Å². The van der Waals surface area contributed by atoms with Gasteiger partial charge in [-0.15, -0.1) is 0 Å². The summed E-state index contributed by atoms with van der Waals surface area (Å²) in [7, 11) is -3.10. The van der Waals surface area contributed by atoms with Crippen molar-refractivity contribution in [2.45, 2.75) is 58.6 Å². The van der Waals surface area contributed by atoms with Gasteiger partial charge in [0.05, 0.1) is 11.8 Å². The molecule has 0 aromatic heterocycles. The summed E-state index contributed by atoms with van der Waals surface area (Å²) in [6.07, 6.45) is 2.18. The zero-order valence-electron chi connectivity index (χ0n) is 18.7. The Morgan fingerprint density at radius 3 is 2.30 bits per heavy atom. The van der Waals surface area contributed by atoms with Crippen LogP contribution in [0.4, 0.5) is 4.79 Å². The van der Waals surface area contributed by atoms with Crippen molar-refractivity contribution in [3.05, 3.63) is 35.4 Å². The van der Waals surface area contributed by atoms with E-state index in [2.05, 4.69) is 6.92 Å². The number of sulfone groups is 1. The van der Waals surface area contributed by atoms with E-state index >= 15 is 0 Å². The van der Waals surface area contributed by atoms with Crippen LogP contribution in [0.2, 0.25) is 0 Å². The number of benzene rings is 1. The Bertz CT molecular complexity index is 843. The largest absolute Gasteiger partial charge is 0.444 e.